The summed E-state index contributed by atoms with van der Waals surface area (Å²) in [4.78, 5) is 23.7. The van der Waals surface area contributed by atoms with Gasteiger partial charge in [-0.05, 0) is 61.9 Å². The minimum atomic E-state index is -4.36. The maximum absolute atomic E-state index is 13.1. The van der Waals surface area contributed by atoms with Crippen molar-refractivity contribution in [3.63, 3.8) is 0 Å². The van der Waals surface area contributed by atoms with Crippen molar-refractivity contribution in [1.29, 1.82) is 0 Å². The topological polar surface area (TPSA) is 125 Å². The Hall–Kier alpha value is -4.09. The molecular weight excluding hydrogens is 508 g/mol. The number of aryl methyl sites for hydroxylation is 1. The molecule has 0 bridgehead atoms. The van der Waals surface area contributed by atoms with Gasteiger partial charge in [0.05, 0.1) is 21.2 Å². The van der Waals surface area contributed by atoms with E-state index in [1.54, 1.807) is 69.4 Å². The van der Waals surface area contributed by atoms with Gasteiger partial charge in [0.25, 0.3) is 15.6 Å². The fourth-order valence-corrected chi connectivity index (χ4v) is 4.83. The molecule has 0 aliphatic rings. The predicted octanol–water partition coefficient (Wildman–Crippen LogP) is 4.95. The Labute approximate surface area is 211 Å². The van der Waals surface area contributed by atoms with E-state index >= 15 is 0 Å². The number of aromatic nitrogens is 2. The van der Waals surface area contributed by atoms with Crippen LogP contribution in [0.2, 0.25) is 5.02 Å². The van der Waals surface area contributed by atoms with Crippen molar-refractivity contribution in [2.75, 3.05) is 4.72 Å². The third-order valence-corrected chi connectivity index (χ3v) is 7.36. The van der Waals surface area contributed by atoms with E-state index in [2.05, 4.69) is 4.72 Å². The van der Waals surface area contributed by atoms with Crippen molar-refractivity contribution in [1.82, 2.24) is 9.36 Å². The molecule has 0 aliphatic carbocycles. The summed E-state index contributed by atoms with van der Waals surface area (Å²) in [7, 11) is -2.73. The number of para-hydroxylation sites is 1. The molecule has 0 atom stereocenters. The van der Waals surface area contributed by atoms with Gasteiger partial charge in [0.15, 0.2) is 0 Å². The van der Waals surface area contributed by atoms with Crippen LogP contribution in [-0.2, 0) is 17.1 Å². The Morgan fingerprint density at radius 2 is 1.72 bits per heavy atom. The highest BCUT2D eigenvalue weighted by atomic mass is 35.5. The van der Waals surface area contributed by atoms with E-state index in [9.17, 15) is 23.3 Å². The molecule has 0 amide bonds. The van der Waals surface area contributed by atoms with Gasteiger partial charge in [-0.15, -0.1) is 0 Å². The number of nitro benzene ring substituents is 1. The summed E-state index contributed by atoms with van der Waals surface area (Å²) in [5.74, 6) is 0.151. The van der Waals surface area contributed by atoms with Crippen LogP contribution < -0.4 is 15.0 Å². The summed E-state index contributed by atoms with van der Waals surface area (Å²) in [6, 6.07) is 16.7. The molecule has 36 heavy (non-hydrogen) atoms. The zero-order valence-corrected chi connectivity index (χ0v) is 21.0. The molecule has 12 heteroatoms. The minimum Gasteiger partial charge on any atom is -0.450 e. The summed E-state index contributed by atoms with van der Waals surface area (Å²) in [5, 5.41) is 12.2. The second-order valence-electron chi connectivity index (χ2n) is 7.94. The Morgan fingerprint density at radius 3 is 2.36 bits per heavy atom. The third-order valence-electron chi connectivity index (χ3n) is 5.59. The van der Waals surface area contributed by atoms with Gasteiger partial charge in [-0.1, -0.05) is 29.8 Å². The van der Waals surface area contributed by atoms with Gasteiger partial charge in [0.1, 0.15) is 11.4 Å². The average Bonchev–Trinajstić information content (AvgIpc) is 3.04. The van der Waals surface area contributed by atoms with Crippen molar-refractivity contribution in [3.05, 3.63) is 103 Å². The van der Waals surface area contributed by atoms with Gasteiger partial charge in [0, 0.05) is 18.1 Å². The second kappa shape index (κ2) is 9.51. The zero-order valence-electron chi connectivity index (χ0n) is 19.4. The molecule has 1 heterocycles. The normalized spacial score (nSPS) is 11.3. The van der Waals surface area contributed by atoms with Crippen molar-refractivity contribution >= 4 is 33.0 Å². The SMILES string of the molecule is Cc1cc(Oc2ccc(S(=O)(=O)Nc3c(C)n(C)n(-c4ccccc4)c3=O)cc2[N+](=O)[O-])ccc1Cl. The Balaban J connectivity index is 1.71. The van der Waals surface area contributed by atoms with Gasteiger partial charge in [-0.25, -0.2) is 13.1 Å². The number of anilines is 1. The third kappa shape index (κ3) is 4.70. The summed E-state index contributed by atoms with van der Waals surface area (Å²) in [6.45, 7) is 3.34. The van der Waals surface area contributed by atoms with Gasteiger partial charge < -0.3 is 4.74 Å². The van der Waals surface area contributed by atoms with E-state index in [-0.39, 0.29) is 11.4 Å². The van der Waals surface area contributed by atoms with Crippen molar-refractivity contribution in [2.45, 2.75) is 18.7 Å². The monoisotopic (exact) mass is 528 g/mol. The molecule has 0 fully saturated rings. The van der Waals surface area contributed by atoms with Crippen molar-refractivity contribution in [3.8, 4) is 17.2 Å². The highest BCUT2D eigenvalue weighted by Gasteiger charge is 2.26. The lowest BCUT2D eigenvalue weighted by atomic mass is 10.2. The number of nitrogens with zero attached hydrogens (tertiary/aromatic N) is 3. The Morgan fingerprint density at radius 1 is 1.03 bits per heavy atom. The number of hydrogen-bond acceptors (Lipinski definition) is 6. The second-order valence-corrected chi connectivity index (χ2v) is 10.0. The number of sulfonamides is 1. The number of halogens is 1. The number of rotatable bonds is 7. The van der Waals surface area contributed by atoms with E-state index in [1.165, 1.54) is 21.5 Å². The fourth-order valence-electron chi connectivity index (χ4n) is 3.58. The molecule has 4 aromatic rings. The average molecular weight is 529 g/mol. The smallest absolute Gasteiger partial charge is 0.312 e. The first-order valence-electron chi connectivity index (χ1n) is 10.6. The molecule has 0 unspecified atom stereocenters. The summed E-state index contributed by atoms with van der Waals surface area (Å²) in [6.07, 6.45) is 0. The first-order valence-corrected chi connectivity index (χ1v) is 12.4. The van der Waals surface area contributed by atoms with Crippen LogP contribution in [0.5, 0.6) is 11.5 Å². The molecule has 4 rings (SSSR count). The van der Waals surface area contributed by atoms with Gasteiger partial charge in [-0.3, -0.25) is 24.3 Å². The maximum atomic E-state index is 13.1. The lowest BCUT2D eigenvalue weighted by molar-refractivity contribution is -0.385. The molecule has 3 aromatic carbocycles. The summed E-state index contributed by atoms with van der Waals surface area (Å²) >= 11 is 6.01. The van der Waals surface area contributed by atoms with Crippen LogP contribution in [0.15, 0.2) is 76.4 Å². The largest absolute Gasteiger partial charge is 0.450 e. The first kappa shape index (κ1) is 25.0. The van der Waals surface area contributed by atoms with E-state index in [1.807, 2.05) is 0 Å². The van der Waals surface area contributed by atoms with E-state index in [0.29, 0.717) is 27.7 Å². The van der Waals surface area contributed by atoms with Gasteiger partial charge in [0.2, 0.25) is 5.75 Å². The highest BCUT2D eigenvalue weighted by Crippen LogP contribution is 2.35. The van der Waals surface area contributed by atoms with Crippen LogP contribution in [0.1, 0.15) is 11.3 Å². The van der Waals surface area contributed by atoms with E-state index in [0.717, 1.165) is 6.07 Å². The van der Waals surface area contributed by atoms with Crippen molar-refractivity contribution in [2.24, 2.45) is 7.05 Å². The Bertz CT molecular complexity index is 1650. The highest BCUT2D eigenvalue weighted by molar-refractivity contribution is 7.92. The van der Waals surface area contributed by atoms with E-state index < -0.39 is 31.1 Å². The van der Waals surface area contributed by atoms with Crippen LogP contribution in [0.25, 0.3) is 5.69 Å². The maximum Gasteiger partial charge on any atom is 0.312 e. The number of nitro groups is 1. The predicted molar refractivity (Wildman–Crippen MR) is 136 cm³/mol. The molecule has 0 radical (unpaired) electrons. The van der Waals surface area contributed by atoms with Crippen LogP contribution in [0.4, 0.5) is 11.4 Å². The molecule has 1 aromatic heterocycles. The minimum absolute atomic E-state index is 0.150. The zero-order chi connectivity index (χ0) is 26.2. The molecule has 186 valence electrons. The van der Waals surface area contributed by atoms with Gasteiger partial charge in [-0.2, -0.15) is 0 Å². The fraction of sp³-hybridized carbons (Fsp3) is 0.125. The quantitative estimate of drug-likeness (QED) is 0.267. The molecule has 1 N–H and O–H groups in total. The Kier molecular flexibility index (Phi) is 6.61. The standard InChI is InChI=1S/C24H21ClN4O6S/c1-15-13-18(9-11-20(15)25)35-22-12-10-19(14-21(22)29(31)32)36(33,34)26-23-16(2)27(3)28(24(23)30)17-7-5-4-6-8-17/h4-14,26H,1-3H3. The van der Waals surface area contributed by atoms with Crippen LogP contribution >= 0.6 is 11.6 Å². The van der Waals surface area contributed by atoms with Crippen LogP contribution in [0, 0.1) is 24.0 Å². The summed E-state index contributed by atoms with van der Waals surface area (Å²) < 4.78 is 37.0. The van der Waals surface area contributed by atoms with Crippen molar-refractivity contribution < 1.29 is 18.1 Å². The van der Waals surface area contributed by atoms with E-state index in [4.69, 9.17) is 16.3 Å². The van der Waals surface area contributed by atoms with Crippen LogP contribution in [-0.4, -0.2) is 22.7 Å². The molecule has 10 nitrogen and oxygen atoms in total. The van der Waals surface area contributed by atoms with Crippen LogP contribution in [0.3, 0.4) is 0 Å². The molecule has 0 aliphatic heterocycles. The molecule has 0 saturated carbocycles. The lowest BCUT2D eigenvalue weighted by Crippen LogP contribution is -2.23. The first-order chi connectivity index (χ1) is 17.0. The molecule has 0 saturated heterocycles. The van der Waals surface area contributed by atoms with Gasteiger partial charge >= 0.3 is 5.69 Å². The number of benzene rings is 3. The number of hydrogen-bond donors (Lipinski definition) is 1. The summed E-state index contributed by atoms with van der Waals surface area (Å²) in [5.41, 5.74) is 0.308. The molecule has 0 spiro atoms. The molecular formula is C24H21ClN4O6S. The lowest BCUT2D eigenvalue weighted by Gasteiger charge is -2.10. The number of ether oxygens (including phenoxy) is 1. The number of nitrogens with one attached hydrogen (secondary N) is 1.